The van der Waals surface area contributed by atoms with Crippen molar-refractivity contribution in [1.82, 2.24) is 14.6 Å². The summed E-state index contributed by atoms with van der Waals surface area (Å²) in [5.74, 6) is -0.378. The normalized spacial score (nSPS) is 11.3. The Bertz CT molecular complexity index is 1090. The van der Waals surface area contributed by atoms with Crippen LogP contribution in [0.3, 0.4) is 0 Å². The zero-order valence-electron chi connectivity index (χ0n) is 16.2. The van der Waals surface area contributed by atoms with Gasteiger partial charge in [-0.15, -0.1) is 0 Å². The topological polar surface area (TPSA) is 91.4 Å². The number of halogens is 1. The zero-order chi connectivity index (χ0) is 21.6. The summed E-state index contributed by atoms with van der Waals surface area (Å²) in [4.78, 5) is 16.1. The molecule has 3 aromatic rings. The minimum atomic E-state index is -3.73. The van der Waals surface area contributed by atoms with E-state index < -0.39 is 16.1 Å². The van der Waals surface area contributed by atoms with E-state index in [1.54, 1.807) is 30.6 Å². The first-order valence-electron chi connectivity index (χ1n) is 9.09. The van der Waals surface area contributed by atoms with Gasteiger partial charge in [-0.2, -0.15) is 4.31 Å². The van der Waals surface area contributed by atoms with E-state index in [9.17, 15) is 17.6 Å². The van der Waals surface area contributed by atoms with Crippen molar-refractivity contribution >= 4 is 21.7 Å². The van der Waals surface area contributed by atoms with Crippen LogP contribution < -0.4 is 10.6 Å². The van der Waals surface area contributed by atoms with Crippen molar-refractivity contribution in [2.24, 2.45) is 0 Å². The molecule has 1 aromatic heterocycles. The number of amides is 2. The van der Waals surface area contributed by atoms with Crippen molar-refractivity contribution in [2.45, 2.75) is 18.0 Å². The molecule has 30 heavy (non-hydrogen) atoms. The standard InChI is InChI=1S/C21H21FN4O3S/c1-26(15-16-4-6-18(22)7-5-16)30(28,29)20-10-8-19(9-11-20)25-21(27)24-14-17-3-2-12-23-13-17/h2-13H,14-15H2,1H3,(H2,24,25,27). The summed E-state index contributed by atoms with van der Waals surface area (Å²) in [6.45, 7) is 0.430. The SMILES string of the molecule is CN(Cc1ccc(F)cc1)S(=O)(=O)c1ccc(NC(=O)NCc2cccnc2)cc1. The van der Waals surface area contributed by atoms with Gasteiger partial charge in [-0.05, 0) is 53.6 Å². The second-order valence-corrected chi connectivity index (χ2v) is 8.63. The van der Waals surface area contributed by atoms with Crippen LogP contribution in [0.4, 0.5) is 14.9 Å². The molecular weight excluding hydrogens is 407 g/mol. The first kappa shape index (κ1) is 21.4. The molecule has 0 bridgehead atoms. The smallest absolute Gasteiger partial charge is 0.319 e. The third-order valence-corrected chi connectivity index (χ3v) is 6.13. The van der Waals surface area contributed by atoms with Crippen LogP contribution in [0.5, 0.6) is 0 Å². The Balaban J connectivity index is 1.59. The monoisotopic (exact) mass is 428 g/mol. The molecule has 0 atom stereocenters. The van der Waals surface area contributed by atoms with Crippen LogP contribution in [0.15, 0.2) is 78.0 Å². The molecule has 2 amide bonds. The maximum atomic E-state index is 13.0. The van der Waals surface area contributed by atoms with E-state index in [1.165, 1.54) is 47.8 Å². The Morgan fingerprint density at radius 2 is 1.73 bits per heavy atom. The van der Waals surface area contributed by atoms with Gasteiger partial charge in [-0.3, -0.25) is 4.98 Å². The summed E-state index contributed by atoms with van der Waals surface area (Å²) >= 11 is 0. The Labute approximate surface area is 174 Å². The minimum Gasteiger partial charge on any atom is -0.334 e. The van der Waals surface area contributed by atoms with Crippen molar-refractivity contribution in [3.8, 4) is 0 Å². The number of hydrogen-bond donors (Lipinski definition) is 2. The molecule has 2 N–H and O–H groups in total. The molecule has 0 aliphatic rings. The molecule has 0 aliphatic carbocycles. The summed E-state index contributed by atoms with van der Waals surface area (Å²) in [5.41, 5.74) is 1.99. The summed E-state index contributed by atoms with van der Waals surface area (Å²) in [6, 6.07) is 14.7. The van der Waals surface area contributed by atoms with Crippen LogP contribution in [0.2, 0.25) is 0 Å². The van der Waals surface area contributed by atoms with Gasteiger partial charge in [0.25, 0.3) is 0 Å². The number of sulfonamides is 1. The van der Waals surface area contributed by atoms with Crippen molar-refractivity contribution in [1.29, 1.82) is 0 Å². The second kappa shape index (κ2) is 9.47. The summed E-state index contributed by atoms with van der Waals surface area (Å²) in [6.07, 6.45) is 3.30. The lowest BCUT2D eigenvalue weighted by molar-refractivity contribution is 0.251. The Morgan fingerprint density at radius 3 is 2.37 bits per heavy atom. The predicted molar refractivity (Wildman–Crippen MR) is 112 cm³/mol. The number of benzene rings is 2. The van der Waals surface area contributed by atoms with Crippen molar-refractivity contribution in [3.05, 3.63) is 90.0 Å². The van der Waals surface area contributed by atoms with Gasteiger partial charge in [0.05, 0.1) is 4.90 Å². The van der Waals surface area contributed by atoms with Gasteiger partial charge in [0.1, 0.15) is 5.82 Å². The number of aromatic nitrogens is 1. The predicted octanol–water partition coefficient (Wildman–Crippen LogP) is 3.36. The van der Waals surface area contributed by atoms with Gasteiger partial charge in [0, 0.05) is 38.2 Å². The average Bonchev–Trinajstić information content (AvgIpc) is 2.75. The van der Waals surface area contributed by atoms with Crippen molar-refractivity contribution < 1.29 is 17.6 Å². The lowest BCUT2D eigenvalue weighted by Crippen LogP contribution is -2.28. The van der Waals surface area contributed by atoms with E-state index in [-0.39, 0.29) is 17.3 Å². The number of carbonyl (C=O) groups is 1. The van der Waals surface area contributed by atoms with E-state index in [0.717, 1.165) is 5.56 Å². The highest BCUT2D eigenvalue weighted by Crippen LogP contribution is 2.19. The quantitative estimate of drug-likeness (QED) is 0.604. The molecule has 0 spiro atoms. The van der Waals surface area contributed by atoms with Crippen LogP contribution in [0.25, 0.3) is 0 Å². The first-order valence-corrected chi connectivity index (χ1v) is 10.5. The van der Waals surface area contributed by atoms with Crippen LogP contribution in [0.1, 0.15) is 11.1 Å². The maximum Gasteiger partial charge on any atom is 0.319 e. The number of nitrogens with one attached hydrogen (secondary N) is 2. The van der Waals surface area contributed by atoms with E-state index in [2.05, 4.69) is 15.6 Å². The van der Waals surface area contributed by atoms with E-state index in [1.807, 2.05) is 6.07 Å². The fraction of sp³-hybridized carbons (Fsp3) is 0.143. The van der Waals surface area contributed by atoms with Gasteiger partial charge in [0.15, 0.2) is 0 Å². The number of carbonyl (C=O) groups excluding carboxylic acids is 1. The number of anilines is 1. The van der Waals surface area contributed by atoms with Gasteiger partial charge in [0.2, 0.25) is 10.0 Å². The second-order valence-electron chi connectivity index (χ2n) is 6.58. The van der Waals surface area contributed by atoms with Gasteiger partial charge in [-0.25, -0.2) is 17.6 Å². The molecular formula is C21H21FN4O3S. The molecule has 0 aliphatic heterocycles. The van der Waals surface area contributed by atoms with Gasteiger partial charge < -0.3 is 10.6 Å². The van der Waals surface area contributed by atoms with Crippen molar-refractivity contribution in [2.75, 3.05) is 12.4 Å². The molecule has 0 unspecified atom stereocenters. The molecule has 0 fully saturated rings. The third kappa shape index (κ3) is 5.62. The van der Waals surface area contributed by atoms with Crippen LogP contribution >= 0.6 is 0 Å². The summed E-state index contributed by atoms with van der Waals surface area (Å²) in [7, 11) is -2.28. The number of hydrogen-bond acceptors (Lipinski definition) is 4. The largest absolute Gasteiger partial charge is 0.334 e. The van der Waals surface area contributed by atoms with Crippen LogP contribution in [0, 0.1) is 5.82 Å². The average molecular weight is 428 g/mol. The minimum absolute atomic E-state index is 0.0911. The lowest BCUT2D eigenvalue weighted by atomic mass is 10.2. The highest BCUT2D eigenvalue weighted by molar-refractivity contribution is 7.89. The van der Waals surface area contributed by atoms with Gasteiger partial charge >= 0.3 is 6.03 Å². The first-order chi connectivity index (χ1) is 14.3. The Hall–Kier alpha value is -3.30. The summed E-state index contributed by atoms with van der Waals surface area (Å²) in [5, 5.41) is 5.35. The molecule has 0 saturated heterocycles. The van der Waals surface area contributed by atoms with E-state index >= 15 is 0 Å². The number of nitrogens with zero attached hydrogens (tertiary/aromatic N) is 2. The van der Waals surface area contributed by atoms with Gasteiger partial charge in [-0.1, -0.05) is 18.2 Å². The van der Waals surface area contributed by atoms with Crippen LogP contribution in [-0.4, -0.2) is 30.8 Å². The van der Waals surface area contributed by atoms with E-state index in [0.29, 0.717) is 17.8 Å². The van der Waals surface area contributed by atoms with Crippen molar-refractivity contribution in [3.63, 3.8) is 0 Å². The number of urea groups is 1. The Morgan fingerprint density at radius 1 is 1.03 bits per heavy atom. The Kier molecular flexibility index (Phi) is 6.76. The number of rotatable bonds is 7. The summed E-state index contributed by atoms with van der Waals surface area (Å²) < 4.78 is 39.7. The molecule has 7 nitrogen and oxygen atoms in total. The molecule has 0 saturated carbocycles. The lowest BCUT2D eigenvalue weighted by Gasteiger charge is -2.17. The highest BCUT2D eigenvalue weighted by atomic mass is 32.2. The highest BCUT2D eigenvalue weighted by Gasteiger charge is 2.21. The fourth-order valence-electron chi connectivity index (χ4n) is 2.68. The fourth-order valence-corrected chi connectivity index (χ4v) is 3.84. The zero-order valence-corrected chi connectivity index (χ0v) is 17.1. The number of pyridine rings is 1. The third-order valence-electron chi connectivity index (χ3n) is 4.31. The van der Waals surface area contributed by atoms with E-state index in [4.69, 9.17) is 0 Å². The molecule has 9 heteroatoms. The molecule has 2 aromatic carbocycles. The molecule has 1 heterocycles. The molecule has 0 radical (unpaired) electrons. The van der Waals surface area contributed by atoms with Crippen LogP contribution in [-0.2, 0) is 23.1 Å². The maximum absolute atomic E-state index is 13.0. The molecule has 156 valence electrons. The molecule has 3 rings (SSSR count).